The molecule has 2 fully saturated rings. The summed E-state index contributed by atoms with van der Waals surface area (Å²) in [4.78, 5) is 9.41. The molecule has 4 nitrogen and oxygen atoms in total. The number of halogens is 1. The van der Waals surface area contributed by atoms with Crippen molar-refractivity contribution in [3.63, 3.8) is 0 Å². The van der Waals surface area contributed by atoms with E-state index in [1.165, 1.54) is 43.4 Å². The van der Waals surface area contributed by atoms with E-state index < -0.39 is 0 Å². The molecule has 1 unspecified atom stereocenters. The Morgan fingerprint density at radius 3 is 2.71 bits per heavy atom. The zero-order chi connectivity index (χ0) is 16.9. The fraction of sp³-hybridized carbons (Fsp3) is 0.632. The van der Waals surface area contributed by atoms with E-state index in [1.807, 2.05) is 6.07 Å². The van der Waals surface area contributed by atoms with E-state index in [2.05, 4.69) is 28.9 Å². The molecule has 2 aliphatic heterocycles. The SMILES string of the molecule is Cc1ccc(Cl)cc1N1CCC(CN=C(N)N2CCCCCC2)C1. The fourth-order valence-electron chi connectivity index (χ4n) is 3.75. The average molecular weight is 349 g/mol. The topological polar surface area (TPSA) is 44.9 Å². The molecule has 132 valence electrons. The largest absolute Gasteiger partial charge is 0.371 e. The summed E-state index contributed by atoms with van der Waals surface area (Å²) >= 11 is 6.16. The number of aliphatic imine (C=N–C) groups is 1. The number of nitrogens with zero attached hydrogens (tertiary/aromatic N) is 3. The molecule has 0 spiro atoms. The first-order chi connectivity index (χ1) is 11.6. The Morgan fingerprint density at radius 1 is 1.21 bits per heavy atom. The molecule has 2 saturated heterocycles. The Balaban J connectivity index is 1.56. The number of anilines is 1. The molecule has 2 N–H and O–H groups in total. The van der Waals surface area contributed by atoms with Gasteiger partial charge in [-0.15, -0.1) is 0 Å². The lowest BCUT2D eigenvalue weighted by atomic mass is 10.1. The van der Waals surface area contributed by atoms with Crippen LogP contribution >= 0.6 is 11.6 Å². The third-order valence-electron chi connectivity index (χ3n) is 5.24. The van der Waals surface area contributed by atoms with Crippen LogP contribution in [0.5, 0.6) is 0 Å². The summed E-state index contributed by atoms with van der Waals surface area (Å²) in [6.45, 7) is 7.22. The molecule has 1 aromatic carbocycles. The van der Waals surface area contributed by atoms with Crippen LogP contribution in [0.2, 0.25) is 5.02 Å². The summed E-state index contributed by atoms with van der Waals surface area (Å²) in [5.74, 6) is 1.32. The van der Waals surface area contributed by atoms with Crippen LogP contribution in [0.4, 0.5) is 5.69 Å². The van der Waals surface area contributed by atoms with Gasteiger partial charge in [0, 0.05) is 43.4 Å². The lowest BCUT2D eigenvalue weighted by molar-refractivity contribution is 0.426. The molecular weight excluding hydrogens is 320 g/mol. The first kappa shape index (κ1) is 17.4. The average Bonchev–Trinajstić information content (AvgIpc) is 2.87. The molecule has 3 rings (SSSR count). The third-order valence-corrected chi connectivity index (χ3v) is 5.47. The minimum Gasteiger partial charge on any atom is -0.371 e. The van der Waals surface area contributed by atoms with Crippen LogP contribution in [0, 0.1) is 12.8 Å². The van der Waals surface area contributed by atoms with Crippen molar-refractivity contribution < 1.29 is 0 Å². The predicted octanol–water partition coefficient (Wildman–Crippen LogP) is 3.67. The molecule has 2 heterocycles. The summed E-state index contributed by atoms with van der Waals surface area (Å²) < 4.78 is 0. The maximum Gasteiger partial charge on any atom is 0.191 e. The quantitative estimate of drug-likeness (QED) is 0.669. The van der Waals surface area contributed by atoms with Gasteiger partial charge in [-0.1, -0.05) is 30.5 Å². The van der Waals surface area contributed by atoms with Gasteiger partial charge in [-0.3, -0.25) is 4.99 Å². The first-order valence-corrected chi connectivity index (χ1v) is 9.57. The van der Waals surface area contributed by atoms with Crippen molar-refractivity contribution in [3.8, 4) is 0 Å². The normalized spacial score (nSPS) is 22.8. The maximum atomic E-state index is 6.23. The number of hydrogen-bond donors (Lipinski definition) is 1. The number of hydrogen-bond acceptors (Lipinski definition) is 2. The lowest BCUT2D eigenvalue weighted by Gasteiger charge is -2.22. The molecule has 0 aliphatic carbocycles. The van der Waals surface area contributed by atoms with Gasteiger partial charge < -0.3 is 15.5 Å². The van der Waals surface area contributed by atoms with Crippen LogP contribution in [0.25, 0.3) is 0 Å². The molecule has 0 aromatic heterocycles. The summed E-state index contributed by atoms with van der Waals surface area (Å²) in [6, 6.07) is 6.13. The number of guanidine groups is 1. The highest BCUT2D eigenvalue weighted by Crippen LogP contribution is 2.29. The maximum absolute atomic E-state index is 6.23. The van der Waals surface area contributed by atoms with Gasteiger partial charge in [-0.05, 0) is 49.8 Å². The molecule has 1 aromatic rings. The number of aryl methyl sites for hydroxylation is 1. The summed E-state index contributed by atoms with van der Waals surface area (Å²) in [5.41, 5.74) is 8.77. The van der Waals surface area contributed by atoms with Crippen molar-refractivity contribution in [3.05, 3.63) is 28.8 Å². The summed E-state index contributed by atoms with van der Waals surface area (Å²) in [6.07, 6.45) is 6.28. The van der Waals surface area contributed by atoms with Gasteiger partial charge in [0.15, 0.2) is 5.96 Å². The Hall–Kier alpha value is -1.42. The van der Waals surface area contributed by atoms with E-state index in [1.54, 1.807) is 0 Å². The van der Waals surface area contributed by atoms with Crippen LogP contribution < -0.4 is 10.6 Å². The zero-order valence-electron chi connectivity index (χ0n) is 14.7. The highest BCUT2D eigenvalue weighted by Gasteiger charge is 2.24. The molecule has 1 atom stereocenters. The van der Waals surface area contributed by atoms with Gasteiger partial charge >= 0.3 is 0 Å². The zero-order valence-corrected chi connectivity index (χ0v) is 15.4. The summed E-state index contributed by atoms with van der Waals surface area (Å²) in [7, 11) is 0. The van der Waals surface area contributed by atoms with Crippen molar-refractivity contribution in [2.24, 2.45) is 16.6 Å². The van der Waals surface area contributed by atoms with Crippen molar-refractivity contribution in [2.45, 2.75) is 39.0 Å². The number of nitrogens with two attached hydrogens (primary N) is 1. The van der Waals surface area contributed by atoms with E-state index in [-0.39, 0.29) is 0 Å². The van der Waals surface area contributed by atoms with Gasteiger partial charge in [0.25, 0.3) is 0 Å². The molecule has 5 heteroatoms. The second-order valence-electron chi connectivity index (χ2n) is 7.13. The van der Waals surface area contributed by atoms with E-state index >= 15 is 0 Å². The number of likely N-dealkylation sites (tertiary alicyclic amines) is 1. The van der Waals surface area contributed by atoms with Crippen LogP contribution in [0.1, 0.15) is 37.7 Å². The smallest absolute Gasteiger partial charge is 0.191 e. The molecule has 0 saturated carbocycles. The van der Waals surface area contributed by atoms with Crippen LogP contribution in [0.3, 0.4) is 0 Å². The number of rotatable bonds is 3. The van der Waals surface area contributed by atoms with Crippen LogP contribution in [0.15, 0.2) is 23.2 Å². The standard InChI is InChI=1S/C19H29ClN4/c1-15-6-7-17(20)12-18(15)24-11-8-16(14-24)13-22-19(21)23-9-4-2-3-5-10-23/h6-7,12,16H,2-5,8-11,13-14H2,1H3,(H2,21,22). The third kappa shape index (κ3) is 4.35. The van der Waals surface area contributed by atoms with Gasteiger partial charge in [0.1, 0.15) is 0 Å². The molecular formula is C19H29ClN4. The van der Waals surface area contributed by atoms with E-state index in [0.717, 1.165) is 43.7 Å². The van der Waals surface area contributed by atoms with Crippen LogP contribution in [-0.4, -0.2) is 43.6 Å². The Kier molecular flexibility index (Phi) is 5.88. The fourth-order valence-corrected chi connectivity index (χ4v) is 3.91. The molecule has 0 radical (unpaired) electrons. The summed E-state index contributed by atoms with van der Waals surface area (Å²) in [5, 5.41) is 0.808. The predicted molar refractivity (Wildman–Crippen MR) is 103 cm³/mol. The molecule has 0 bridgehead atoms. The van der Waals surface area contributed by atoms with Crippen molar-refractivity contribution in [1.82, 2.24) is 4.90 Å². The van der Waals surface area contributed by atoms with Gasteiger partial charge in [-0.25, -0.2) is 0 Å². The highest BCUT2D eigenvalue weighted by atomic mass is 35.5. The van der Waals surface area contributed by atoms with Crippen LogP contribution in [-0.2, 0) is 0 Å². The monoisotopic (exact) mass is 348 g/mol. The second kappa shape index (κ2) is 8.11. The second-order valence-corrected chi connectivity index (χ2v) is 7.57. The minimum atomic E-state index is 0.578. The van der Waals surface area contributed by atoms with Gasteiger partial charge in [0.2, 0.25) is 0 Å². The van der Waals surface area contributed by atoms with E-state index in [9.17, 15) is 0 Å². The Bertz CT molecular complexity index is 579. The van der Waals surface area contributed by atoms with E-state index in [4.69, 9.17) is 22.3 Å². The van der Waals surface area contributed by atoms with Crippen molar-refractivity contribution in [2.75, 3.05) is 37.6 Å². The Morgan fingerprint density at radius 2 is 1.96 bits per heavy atom. The first-order valence-electron chi connectivity index (χ1n) is 9.19. The van der Waals surface area contributed by atoms with Gasteiger partial charge in [-0.2, -0.15) is 0 Å². The highest BCUT2D eigenvalue weighted by molar-refractivity contribution is 6.30. The number of benzene rings is 1. The minimum absolute atomic E-state index is 0.578. The molecule has 2 aliphatic rings. The molecule has 24 heavy (non-hydrogen) atoms. The molecule has 0 amide bonds. The van der Waals surface area contributed by atoms with E-state index in [0.29, 0.717) is 5.92 Å². The van der Waals surface area contributed by atoms with Crippen molar-refractivity contribution >= 4 is 23.2 Å². The van der Waals surface area contributed by atoms with Gasteiger partial charge in [0.05, 0.1) is 0 Å². The lowest BCUT2D eigenvalue weighted by Crippen LogP contribution is -2.38. The van der Waals surface area contributed by atoms with Crippen molar-refractivity contribution in [1.29, 1.82) is 0 Å². The Labute approximate surface area is 150 Å².